The lowest BCUT2D eigenvalue weighted by Crippen LogP contribution is -2.01. The minimum atomic E-state index is -0.489. The van der Waals surface area contributed by atoms with Crippen LogP contribution in [0.2, 0.25) is 5.02 Å². The fourth-order valence-corrected chi connectivity index (χ4v) is 1.72. The number of nitrogens with two attached hydrogens (primary N) is 1. The third-order valence-electron chi connectivity index (χ3n) is 2.53. The van der Waals surface area contributed by atoms with Crippen molar-refractivity contribution in [1.29, 1.82) is 0 Å². The number of hydrogen-bond donors (Lipinski definition) is 1. The van der Waals surface area contributed by atoms with Gasteiger partial charge >= 0.3 is 0 Å². The molecule has 2 aromatic rings. The van der Waals surface area contributed by atoms with Gasteiger partial charge in [-0.05, 0) is 26.0 Å². The van der Waals surface area contributed by atoms with E-state index in [1.807, 2.05) is 6.92 Å². The maximum atomic E-state index is 13.0. The summed E-state index contributed by atoms with van der Waals surface area (Å²) < 4.78 is 20.3. The Morgan fingerprint density at radius 1 is 1.50 bits per heavy atom. The monoisotopic (exact) mass is 269 g/mol. The standard InChI is InChI=1S/C12H13ClFN3O/c1-3-17-12(11(15)7(2)16-17)18-8-4-5-10(14)9(13)6-8/h4-6H,3,15H2,1-2H3. The van der Waals surface area contributed by atoms with Gasteiger partial charge in [0.1, 0.15) is 17.3 Å². The molecule has 0 saturated heterocycles. The average Bonchev–Trinajstić information content (AvgIpc) is 2.61. The third kappa shape index (κ3) is 2.26. The molecule has 0 aliphatic rings. The van der Waals surface area contributed by atoms with Crippen molar-refractivity contribution in [2.45, 2.75) is 20.4 Å². The van der Waals surface area contributed by atoms with Crippen molar-refractivity contribution in [2.24, 2.45) is 0 Å². The average molecular weight is 270 g/mol. The molecule has 1 heterocycles. The maximum Gasteiger partial charge on any atom is 0.241 e. The number of nitrogens with zero attached hydrogens (tertiary/aromatic N) is 2. The molecule has 2 N–H and O–H groups in total. The number of aryl methyl sites for hydroxylation is 2. The van der Waals surface area contributed by atoms with Gasteiger partial charge in [-0.25, -0.2) is 9.07 Å². The Bertz CT molecular complexity index is 583. The molecule has 0 aliphatic heterocycles. The quantitative estimate of drug-likeness (QED) is 0.929. The number of benzene rings is 1. The van der Waals surface area contributed by atoms with E-state index in [1.54, 1.807) is 11.6 Å². The highest BCUT2D eigenvalue weighted by molar-refractivity contribution is 6.30. The summed E-state index contributed by atoms with van der Waals surface area (Å²) in [4.78, 5) is 0. The Balaban J connectivity index is 2.36. The molecule has 0 amide bonds. The molecule has 0 bridgehead atoms. The van der Waals surface area contributed by atoms with Gasteiger partial charge in [-0.15, -0.1) is 0 Å². The van der Waals surface area contributed by atoms with Gasteiger partial charge < -0.3 is 10.5 Å². The molecule has 6 heteroatoms. The topological polar surface area (TPSA) is 53.1 Å². The van der Waals surface area contributed by atoms with Gasteiger partial charge in [0.15, 0.2) is 0 Å². The van der Waals surface area contributed by atoms with E-state index in [9.17, 15) is 4.39 Å². The summed E-state index contributed by atoms with van der Waals surface area (Å²) in [6, 6.07) is 4.13. The second-order valence-corrected chi connectivity index (χ2v) is 4.21. The molecule has 0 aliphatic carbocycles. The number of halogens is 2. The summed E-state index contributed by atoms with van der Waals surface area (Å²) in [6.07, 6.45) is 0. The summed E-state index contributed by atoms with van der Waals surface area (Å²) in [5, 5.41) is 4.23. The smallest absolute Gasteiger partial charge is 0.241 e. The molecule has 0 atom stereocenters. The highest BCUT2D eigenvalue weighted by atomic mass is 35.5. The molecule has 0 unspecified atom stereocenters. The van der Waals surface area contributed by atoms with Crippen molar-refractivity contribution in [3.05, 3.63) is 34.7 Å². The molecule has 4 nitrogen and oxygen atoms in total. The number of anilines is 1. The van der Waals surface area contributed by atoms with Crippen LogP contribution in [0.15, 0.2) is 18.2 Å². The van der Waals surface area contributed by atoms with Gasteiger partial charge in [-0.3, -0.25) is 0 Å². The van der Waals surface area contributed by atoms with Gasteiger partial charge in [-0.1, -0.05) is 11.6 Å². The Morgan fingerprint density at radius 3 is 2.83 bits per heavy atom. The SMILES string of the molecule is CCn1nc(C)c(N)c1Oc1ccc(F)c(Cl)c1. The van der Waals surface area contributed by atoms with Crippen LogP contribution in [0.3, 0.4) is 0 Å². The summed E-state index contributed by atoms with van der Waals surface area (Å²) >= 11 is 5.69. The lowest BCUT2D eigenvalue weighted by atomic mass is 10.3. The zero-order valence-corrected chi connectivity index (χ0v) is 10.8. The first kappa shape index (κ1) is 12.7. The van der Waals surface area contributed by atoms with Gasteiger partial charge in [0.25, 0.3) is 0 Å². The van der Waals surface area contributed by atoms with Crippen molar-refractivity contribution in [1.82, 2.24) is 9.78 Å². The zero-order chi connectivity index (χ0) is 13.3. The van der Waals surface area contributed by atoms with Crippen molar-refractivity contribution in [3.8, 4) is 11.6 Å². The van der Waals surface area contributed by atoms with Crippen LogP contribution in [0.5, 0.6) is 11.6 Å². The Morgan fingerprint density at radius 2 is 2.22 bits per heavy atom. The van der Waals surface area contributed by atoms with Gasteiger partial charge in [0, 0.05) is 12.6 Å². The number of hydrogen-bond acceptors (Lipinski definition) is 3. The molecule has 1 aromatic heterocycles. The normalized spacial score (nSPS) is 10.7. The number of rotatable bonds is 3. The Hall–Kier alpha value is -1.75. The molecule has 0 fully saturated rings. The predicted molar refractivity (Wildman–Crippen MR) is 68.5 cm³/mol. The molecular weight excluding hydrogens is 257 g/mol. The maximum absolute atomic E-state index is 13.0. The first-order valence-electron chi connectivity index (χ1n) is 5.48. The van der Waals surface area contributed by atoms with Crippen LogP contribution in [0.4, 0.5) is 10.1 Å². The Kier molecular flexibility index (Phi) is 3.43. The van der Waals surface area contributed by atoms with Gasteiger partial charge in [0.2, 0.25) is 5.88 Å². The number of nitrogen functional groups attached to an aromatic ring is 1. The van der Waals surface area contributed by atoms with Crippen LogP contribution in [-0.4, -0.2) is 9.78 Å². The third-order valence-corrected chi connectivity index (χ3v) is 2.82. The van der Waals surface area contributed by atoms with E-state index >= 15 is 0 Å². The van der Waals surface area contributed by atoms with E-state index < -0.39 is 5.82 Å². The fraction of sp³-hybridized carbons (Fsp3) is 0.250. The lowest BCUT2D eigenvalue weighted by Gasteiger charge is -2.08. The van der Waals surface area contributed by atoms with Crippen molar-refractivity contribution >= 4 is 17.3 Å². The molecule has 1 aromatic carbocycles. The number of ether oxygens (including phenoxy) is 1. The number of aromatic nitrogens is 2. The second kappa shape index (κ2) is 4.86. The molecule has 0 radical (unpaired) electrons. The van der Waals surface area contributed by atoms with E-state index in [0.29, 0.717) is 29.6 Å². The van der Waals surface area contributed by atoms with Gasteiger partial charge in [0.05, 0.1) is 10.7 Å². The molecule has 0 spiro atoms. The summed E-state index contributed by atoms with van der Waals surface area (Å²) in [5.74, 6) is 0.373. The van der Waals surface area contributed by atoms with Crippen molar-refractivity contribution in [2.75, 3.05) is 5.73 Å². The van der Waals surface area contributed by atoms with E-state index in [0.717, 1.165) is 0 Å². The van der Waals surface area contributed by atoms with Crippen LogP contribution < -0.4 is 10.5 Å². The van der Waals surface area contributed by atoms with Crippen molar-refractivity contribution in [3.63, 3.8) is 0 Å². The first-order valence-corrected chi connectivity index (χ1v) is 5.86. The van der Waals surface area contributed by atoms with Crippen LogP contribution in [-0.2, 0) is 6.54 Å². The minimum Gasteiger partial charge on any atom is -0.437 e. The van der Waals surface area contributed by atoms with Crippen LogP contribution in [0, 0.1) is 12.7 Å². The Labute approximate surface area is 109 Å². The zero-order valence-electron chi connectivity index (χ0n) is 10.1. The largest absolute Gasteiger partial charge is 0.437 e. The predicted octanol–water partition coefficient (Wildman–Crippen LogP) is 3.38. The van der Waals surface area contributed by atoms with Crippen LogP contribution in [0.25, 0.3) is 0 Å². The highest BCUT2D eigenvalue weighted by Crippen LogP contribution is 2.31. The van der Waals surface area contributed by atoms with E-state index in [1.165, 1.54) is 18.2 Å². The summed E-state index contributed by atoms with van der Waals surface area (Å²) in [6.45, 7) is 4.35. The van der Waals surface area contributed by atoms with Crippen LogP contribution >= 0.6 is 11.6 Å². The summed E-state index contributed by atoms with van der Waals surface area (Å²) in [5.41, 5.74) is 7.04. The highest BCUT2D eigenvalue weighted by Gasteiger charge is 2.14. The minimum absolute atomic E-state index is 0.00496. The molecule has 2 rings (SSSR count). The fourth-order valence-electron chi connectivity index (χ4n) is 1.55. The van der Waals surface area contributed by atoms with Crippen molar-refractivity contribution < 1.29 is 9.13 Å². The summed E-state index contributed by atoms with van der Waals surface area (Å²) in [7, 11) is 0. The van der Waals surface area contributed by atoms with E-state index in [2.05, 4.69) is 5.10 Å². The molecule has 96 valence electrons. The second-order valence-electron chi connectivity index (χ2n) is 3.80. The van der Waals surface area contributed by atoms with E-state index in [4.69, 9.17) is 22.1 Å². The molecular formula is C12H13ClFN3O. The molecule has 0 saturated carbocycles. The first-order chi connectivity index (χ1) is 8.52. The van der Waals surface area contributed by atoms with E-state index in [-0.39, 0.29) is 5.02 Å². The molecule has 18 heavy (non-hydrogen) atoms. The van der Waals surface area contributed by atoms with Crippen LogP contribution in [0.1, 0.15) is 12.6 Å². The van der Waals surface area contributed by atoms with Gasteiger partial charge in [-0.2, -0.15) is 5.10 Å². The lowest BCUT2D eigenvalue weighted by molar-refractivity contribution is 0.417.